The molecule has 0 saturated carbocycles. The third kappa shape index (κ3) is 3.33. The minimum atomic E-state index is -0.415. The fraction of sp³-hybridized carbons (Fsp3) is 0.833. The zero-order valence-electron chi connectivity index (χ0n) is 10.3. The van der Waals surface area contributed by atoms with Crippen LogP contribution in [0.3, 0.4) is 0 Å². The maximum absolute atomic E-state index is 11.8. The van der Waals surface area contributed by atoms with Crippen LogP contribution in [0.4, 0.5) is 0 Å². The van der Waals surface area contributed by atoms with Crippen molar-refractivity contribution < 1.29 is 9.53 Å². The van der Waals surface area contributed by atoms with E-state index >= 15 is 0 Å². The summed E-state index contributed by atoms with van der Waals surface area (Å²) in [5.74, 6) is 0.105. The summed E-state index contributed by atoms with van der Waals surface area (Å²) >= 11 is 0. The zero-order valence-corrected chi connectivity index (χ0v) is 10.3. The van der Waals surface area contributed by atoms with Crippen molar-refractivity contribution in [1.29, 1.82) is 0 Å². The van der Waals surface area contributed by atoms with E-state index in [1.165, 1.54) is 0 Å². The summed E-state index contributed by atoms with van der Waals surface area (Å²) in [5, 5.41) is 0. The first-order valence-corrected chi connectivity index (χ1v) is 5.62. The molecule has 3 heteroatoms. The van der Waals surface area contributed by atoms with Crippen molar-refractivity contribution in [2.75, 3.05) is 0 Å². The van der Waals surface area contributed by atoms with Gasteiger partial charge in [0, 0.05) is 5.71 Å². The average molecular weight is 211 g/mol. The molecule has 3 nitrogen and oxygen atoms in total. The second kappa shape index (κ2) is 4.33. The molecule has 0 bridgehead atoms. The minimum absolute atomic E-state index is 0.182. The van der Waals surface area contributed by atoms with Gasteiger partial charge in [-0.3, -0.25) is 4.99 Å². The monoisotopic (exact) mass is 211 g/mol. The molecule has 1 aliphatic rings. The molecule has 0 aliphatic carbocycles. The Hall–Kier alpha value is -0.860. The highest BCUT2D eigenvalue weighted by Crippen LogP contribution is 2.24. The summed E-state index contributed by atoms with van der Waals surface area (Å²) in [4.78, 5) is 16.2. The van der Waals surface area contributed by atoms with Crippen molar-refractivity contribution in [3.8, 4) is 0 Å². The molecule has 0 radical (unpaired) electrons. The van der Waals surface area contributed by atoms with Crippen molar-refractivity contribution >= 4 is 11.7 Å². The van der Waals surface area contributed by atoms with Crippen LogP contribution in [0.25, 0.3) is 0 Å². The van der Waals surface area contributed by atoms with E-state index in [9.17, 15) is 4.79 Å². The van der Waals surface area contributed by atoms with Gasteiger partial charge in [-0.25, -0.2) is 4.79 Å². The van der Waals surface area contributed by atoms with Crippen LogP contribution in [-0.2, 0) is 9.53 Å². The predicted octanol–water partition coefficient (Wildman–Crippen LogP) is 2.59. The van der Waals surface area contributed by atoms with Gasteiger partial charge in [0.2, 0.25) is 0 Å². The maximum atomic E-state index is 11.8. The standard InChI is InChI=1S/C12H21NO2/c1-6-9-7-8(2)10(13-9)11(14)15-12(3,4)5/h8,10H,6-7H2,1-5H3/t8-,10-/m0/s1. The Morgan fingerprint density at radius 2 is 2.13 bits per heavy atom. The van der Waals surface area contributed by atoms with Crippen LogP contribution >= 0.6 is 0 Å². The number of carbonyl (C=O) groups excluding carboxylic acids is 1. The van der Waals surface area contributed by atoms with E-state index in [2.05, 4.69) is 18.8 Å². The van der Waals surface area contributed by atoms with E-state index < -0.39 is 5.60 Å². The molecule has 0 saturated heterocycles. The molecule has 0 amide bonds. The number of aliphatic imine (C=N–C) groups is 1. The van der Waals surface area contributed by atoms with E-state index in [1.807, 2.05) is 20.8 Å². The van der Waals surface area contributed by atoms with Gasteiger partial charge in [-0.05, 0) is 39.5 Å². The molecule has 0 N–H and O–H groups in total. The van der Waals surface area contributed by atoms with E-state index in [0.717, 1.165) is 18.6 Å². The Balaban J connectivity index is 2.64. The lowest BCUT2D eigenvalue weighted by Gasteiger charge is -2.22. The second-order valence-electron chi connectivity index (χ2n) is 5.21. The molecule has 0 aromatic carbocycles. The minimum Gasteiger partial charge on any atom is -0.458 e. The molecule has 1 aliphatic heterocycles. The number of esters is 1. The van der Waals surface area contributed by atoms with Gasteiger partial charge >= 0.3 is 5.97 Å². The first kappa shape index (κ1) is 12.2. The lowest BCUT2D eigenvalue weighted by molar-refractivity contribution is -0.157. The van der Waals surface area contributed by atoms with Crippen molar-refractivity contribution in [2.45, 2.75) is 59.1 Å². The van der Waals surface area contributed by atoms with Crippen LogP contribution in [0.5, 0.6) is 0 Å². The van der Waals surface area contributed by atoms with Crippen molar-refractivity contribution in [1.82, 2.24) is 0 Å². The van der Waals surface area contributed by atoms with Crippen molar-refractivity contribution in [3.63, 3.8) is 0 Å². The van der Waals surface area contributed by atoms with Crippen LogP contribution < -0.4 is 0 Å². The van der Waals surface area contributed by atoms with Crippen LogP contribution in [0.15, 0.2) is 4.99 Å². The molecular weight excluding hydrogens is 190 g/mol. The van der Waals surface area contributed by atoms with Gasteiger partial charge in [-0.1, -0.05) is 13.8 Å². The molecule has 0 aromatic rings. The lowest BCUT2D eigenvalue weighted by Crippen LogP contribution is -2.32. The highest BCUT2D eigenvalue weighted by atomic mass is 16.6. The van der Waals surface area contributed by atoms with Crippen molar-refractivity contribution in [3.05, 3.63) is 0 Å². The number of carbonyl (C=O) groups is 1. The molecule has 1 rings (SSSR count). The van der Waals surface area contributed by atoms with Crippen LogP contribution in [0.1, 0.15) is 47.5 Å². The quantitative estimate of drug-likeness (QED) is 0.658. The number of rotatable bonds is 2. The zero-order chi connectivity index (χ0) is 11.6. The topological polar surface area (TPSA) is 38.7 Å². The molecule has 0 spiro atoms. The van der Waals surface area contributed by atoms with Crippen LogP contribution in [-0.4, -0.2) is 23.3 Å². The fourth-order valence-electron chi connectivity index (χ4n) is 1.74. The van der Waals surface area contributed by atoms with E-state index in [0.29, 0.717) is 0 Å². The highest BCUT2D eigenvalue weighted by molar-refractivity contribution is 5.91. The van der Waals surface area contributed by atoms with E-state index in [1.54, 1.807) is 0 Å². The molecule has 0 aromatic heterocycles. The third-order valence-electron chi connectivity index (χ3n) is 2.47. The van der Waals surface area contributed by atoms with E-state index in [4.69, 9.17) is 4.74 Å². The first-order chi connectivity index (χ1) is 6.83. The van der Waals surface area contributed by atoms with E-state index in [-0.39, 0.29) is 17.9 Å². The Labute approximate surface area is 91.9 Å². The summed E-state index contributed by atoms with van der Waals surface area (Å²) < 4.78 is 5.34. The Bertz CT molecular complexity index is 276. The molecule has 86 valence electrons. The van der Waals surface area contributed by atoms with Gasteiger partial charge in [0.15, 0.2) is 0 Å². The molecule has 0 unspecified atom stereocenters. The lowest BCUT2D eigenvalue weighted by atomic mass is 10.00. The average Bonchev–Trinajstić information content (AvgIpc) is 2.43. The van der Waals surface area contributed by atoms with Gasteiger partial charge in [0.25, 0.3) is 0 Å². The largest absolute Gasteiger partial charge is 0.458 e. The number of hydrogen-bond donors (Lipinski definition) is 0. The highest BCUT2D eigenvalue weighted by Gasteiger charge is 2.33. The summed E-state index contributed by atoms with van der Waals surface area (Å²) in [6.07, 6.45) is 1.87. The van der Waals surface area contributed by atoms with Gasteiger partial charge in [0.05, 0.1) is 0 Å². The number of ether oxygens (including phenoxy) is 1. The summed E-state index contributed by atoms with van der Waals surface area (Å²) in [6.45, 7) is 9.78. The second-order valence-corrected chi connectivity index (χ2v) is 5.21. The third-order valence-corrected chi connectivity index (χ3v) is 2.47. The van der Waals surface area contributed by atoms with Gasteiger partial charge in [-0.2, -0.15) is 0 Å². The SMILES string of the molecule is CCC1=N[C@H](C(=O)OC(C)(C)C)[C@@H](C)C1. The van der Waals surface area contributed by atoms with Crippen LogP contribution in [0.2, 0.25) is 0 Å². The van der Waals surface area contributed by atoms with Gasteiger partial charge in [0.1, 0.15) is 11.6 Å². The Morgan fingerprint density at radius 1 is 1.53 bits per heavy atom. The predicted molar refractivity (Wildman–Crippen MR) is 61.1 cm³/mol. The fourth-order valence-corrected chi connectivity index (χ4v) is 1.74. The summed E-state index contributed by atoms with van der Waals surface area (Å²) in [7, 11) is 0. The summed E-state index contributed by atoms with van der Waals surface area (Å²) in [5.41, 5.74) is 0.722. The van der Waals surface area contributed by atoms with Gasteiger partial charge in [-0.15, -0.1) is 0 Å². The maximum Gasteiger partial charge on any atom is 0.331 e. The number of nitrogens with zero attached hydrogens (tertiary/aromatic N) is 1. The smallest absolute Gasteiger partial charge is 0.331 e. The number of hydrogen-bond acceptors (Lipinski definition) is 3. The Kier molecular flexibility index (Phi) is 3.53. The Morgan fingerprint density at radius 3 is 2.53 bits per heavy atom. The summed E-state index contributed by atoms with van der Waals surface area (Å²) in [6, 6.07) is -0.279. The van der Waals surface area contributed by atoms with Crippen molar-refractivity contribution in [2.24, 2.45) is 10.9 Å². The molecule has 15 heavy (non-hydrogen) atoms. The molecular formula is C12H21NO2. The first-order valence-electron chi connectivity index (χ1n) is 5.62. The van der Waals surface area contributed by atoms with Crippen LogP contribution in [0, 0.1) is 5.92 Å². The van der Waals surface area contributed by atoms with Gasteiger partial charge < -0.3 is 4.74 Å². The molecule has 0 fully saturated rings. The normalized spacial score (nSPS) is 26.3. The molecule has 1 heterocycles. The molecule has 2 atom stereocenters.